The van der Waals surface area contributed by atoms with Crippen LogP contribution in [0.5, 0.6) is 0 Å². The zero-order valence-electron chi connectivity index (χ0n) is 21.5. The maximum atomic E-state index is 13.6. The van der Waals surface area contributed by atoms with Crippen LogP contribution in [-0.2, 0) is 16.1 Å². The van der Waals surface area contributed by atoms with Crippen molar-refractivity contribution in [3.8, 4) is 6.07 Å². The van der Waals surface area contributed by atoms with E-state index in [0.717, 1.165) is 24.9 Å². The molecule has 9 heteroatoms. The van der Waals surface area contributed by atoms with Crippen molar-refractivity contribution in [3.63, 3.8) is 0 Å². The highest BCUT2D eigenvalue weighted by Crippen LogP contribution is 2.29. The smallest absolute Gasteiger partial charge is 0.318 e. The maximum Gasteiger partial charge on any atom is 0.318 e. The van der Waals surface area contributed by atoms with E-state index in [1.165, 1.54) is 30.2 Å². The van der Waals surface area contributed by atoms with Gasteiger partial charge in [-0.05, 0) is 30.4 Å². The zero-order valence-corrected chi connectivity index (χ0v) is 21.5. The number of nitrogens with zero attached hydrogens (tertiary/aromatic N) is 3. The van der Waals surface area contributed by atoms with E-state index in [1.807, 2.05) is 18.3 Å². The molecule has 3 aliphatic rings. The van der Waals surface area contributed by atoms with E-state index < -0.39 is 11.6 Å². The van der Waals surface area contributed by atoms with Gasteiger partial charge in [0.05, 0.1) is 19.3 Å². The quantitative estimate of drug-likeness (QED) is 0.534. The van der Waals surface area contributed by atoms with Crippen LogP contribution in [0.2, 0.25) is 0 Å². The Morgan fingerprint density at radius 1 is 1.16 bits per heavy atom. The molecule has 2 saturated heterocycles. The predicted octanol–water partition coefficient (Wildman–Crippen LogP) is 3.13. The second kappa shape index (κ2) is 11.5. The predicted molar refractivity (Wildman–Crippen MR) is 141 cm³/mol. The van der Waals surface area contributed by atoms with E-state index in [-0.39, 0.29) is 11.9 Å². The highest BCUT2D eigenvalue weighted by molar-refractivity contribution is 5.88. The van der Waals surface area contributed by atoms with Gasteiger partial charge >= 0.3 is 6.03 Å². The lowest BCUT2D eigenvalue weighted by atomic mass is 9.84. The first-order valence-corrected chi connectivity index (χ1v) is 13.7. The SMILES string of the molecule is N#CC1(NC(=O)C(CC2CCCCC2)NC(=O)N2CCOCC2)CCN(Cc2c[nH]c3ccccc23)C1. The van der Waals surface area contributed by atoms with Gasteiger partial charge in [-0.2, -0.15) is 5.26 Å². The van der Waals surface area contributed by atoms with Crippen LogP contribution < -0.4 is 10.6 Å². The second-order valence-electron chi connectivity index (χ2n) is 10.8. The third kappa shape index (κ3) is 6.08. The number of nitriles is 1. The highest BCUT2D eigenvalue weighted by Gasteiger charge is 2.41. The van der Waals surface area contributed by atoms with Crippen LogP contribution in [0.4, 0.5) is 4.79 Å². The van der Waals surface area contributed by atoms with E-state index >= 15 is 0 Å². The van der Waals surface area contributed by atoms with Crippen molar-refractivity contribution in [1.29, 1.82) is 5.26 Å². The van der Waals surface area contributed by atoms with Crippen LogP contribution in [0.3, 0.4) is 0 Å². The number of likely N-dealkylation sites (tertiary alicyclic amines) is 1. The van der Waals surface area contributed by atoms with Gasteiger partial charge < -0.3 is 25.3 Å². The summed E-state index contributed by atoms with van der Waals surface area (Å²) in [4.78, 5) is 33.8. The number of nitrogens with one attached hydrogen (secondary N) is 3. The minimum Gasteiger partial charge on any atom is -0.378 e. The summed E-state index contributed by atoms with van der Waals surface area (Å²) >= 11 is 0. The number of carbonyl (C=O) groups is 2. The number of aromatic amines is 1. The lowest BCUT2D eigenvalue weighted by Gasteiger charge is -2.32. The number of aromatic nitrogens is 1. The molecule has 3 fully saturated rings. The van der Waals surface area contributed by atoms with Gasteiger partial charge in [0.15, 0.2) is 0 Å². The number of fused-ring (bicyclic) bond motifs is 1. The Bertz CT molecular complexity index is 1130. The van der Waals surface area contributed by atoms with Gasteiger partial charge in [0.25, 0.3) is 0 Å². The minimum absolute atomic E-state index is 0.224. The van der Waals surface area contributed by atoms with Gasteiger partial charge in [-0.1, -0.05) is 50.3 Å². The fourth-order valence-corrected chi connectivity index (χ4v) is 6.07. The molecule has 1 aromatic carbocycles. The van der Waals surface area contributed by atoms with Crippen LogP contribution in [0.15, 0.2) is 30.5 Å². The normalized spacial score (nSPS) is 24.0. The Hall–Kier alpha value is -3.09. The molecule has 3 heterocycles. The maximum absolute atomic E-state index is 13.6. The number of hydrogen-bond donors (Lipinski definition) is 3. The molecule has 1 aromatic heterocycles. The van der Waals surface area contributed by atoms with Crippen molar-refractivity contribution in [1.82, 2.24) is 25.4 Å². The summed E-state index contributed by atoms with van der Waals surface area (Å²) in [6.07, 6.45) is 8.93. The monoisotopic (exact) mass is 506 g/mol. The van der Waals surface area contributed by atoms with Crippen molar-refractivity contribution in [2.24, 2.45) is 5.92 Å². The van der Waals surface area contributed by atoms with Gasteiger partial charge in [-0.25, -0.2) is 4.79 Å². The molecule has 0 bridgehead atoms. The number of carbonyl (C=O) groups excluding carboxylic acids is 2. The lowest BCUT2D eigenvalue weighted by Crippen LogP contribution is -2.58. The molecule has 2 aromatic rings. The molecule has 0 spiro atoms. The third-order valence-electron chi connectivity index (χ3n) is 8.20. The molecule has 2 unspecified atom stereocenters. The highest BCUT2D eigenvalue weighted by atomic mass is 16.5. The fourth-order valence-electron chi connectivity index (χ4n) is 6.07. The van der Waals surface area contributed by atoms with Gasteiger partial charge in [0, 0.05) is 49.8 Å². The molecule has 198 valence electrons. The number of hydrogen-bond acceptors (Lipinski definition) is 5. The molecule has 3 amide bonds. The molecule has 2 aliphatic heterocycles. The van der Waals surface area contributed by atoms with Crippen LogP contribution in [0.1, 0.15) is 50.5 Å². The zero-order chi connectivity index (χ0) is 25.7. The van der Waals surface area contributed by atoms with Gasteiger partial charge in [0.2, 0.25) is 5.91 Å². The lowest BCUT2D eigenvalue weighted by molar-refractivity contribution is -0.124. The van der Waals surface area contributed by atoms with Crippen molar-refractivity contribution in [3.05, 3.63) is 36.0 Å². The molecular formula is C28H38N6O3. The number of para-hydroxylation sites is 1. The summed E-state index contributed by atoms with van der Waals surface area (Å²) < 4.78 is 5.37. The van der Waals surface area contributed by atoms with Gasteiger partial charge in [-0.15, -0.1) is 0 Å². The van der Waals surface area contributed by atoms with Gasteiger partial charge in [0.1, 0.15) is 11.6 Å². The Labute approximate surface area is 218 Å². The summed E-state index contributed by atoms with van der Waals surface area (Å²) in [6.45, 7) is 3.96. The topological polar surface area (TPSA) is 113 Å². The molecular weight excluding hydrogens is 468 g/mol. The molecule has 37 heavy (non-hydrogen) atoms. The first-order chi connectivity index (χ1) is 18.0. The molecule has 9 nitrogen and oxygen atoms in total. The first-order valence-electron chi connectivity index (χ1n) is 13.7. The molecule has 1 aliphatic carbocycles. The number of urea groups is 1. The van der Waals surface area contributed by atoms with Crippen LogP contribution in [-0.4, -0.2) is 77.7 Å². The Morgan fingerprint density at radius 3 is 2.73 bits per heavy atom. The van der Waals surface area contributed by atoms with Crippen LogP contribution in [0.25, 0.3) is 10.9 Å². The first kappa shape index (κ1) is 25.6. The fraction of sp³-hybridized carbons (Fsp3) is 0.607. The van der Waals surface area contributed by atoms with Gasteiger partial charge in [-0.3, -0.25) is 9.69 Å². The van der Waals surface area contributed by atoms with Crippen LogP contribution in [0, 0.1) is 17.2 Å². The summed E-state index contributed by atoms with van der Waals surface area (Å²) in [5.74, 6) is 0.164. The van der Waals surface area contributed by atoms with E-state index in [9.17, 15) is 14.9 Å². The van der Waals surface area contributed by atoms with Crippen molar-refractivity contribution < 1.29 is 14.3 Å². The molecule has 3 N–H and O–H groups in total. The minimum atomic E-state index is -0.961. The number of morpholine rings is 1. The number of amides is 3. The number of ether oxygens (including phenoxy) is 1. The summed E-state index contributed by atoms with van der Waals surface area (Å²) in [5, 5.41) is 17.4. The third-order valence-corrected chi connectivity index (χ3v) is 8.20. The second-order valence-corrected chi connectivity index (χ2v) is 10.8. The van der Waals surface area contributed by atoms with Crippen molar-refractivity contribution in [2.45, 2.75) is 63.1 Å². The van der Waals surface area contributed by atoms with Crippen LogP contribution >= 0.6 is 0 Å². The standard InChI is InChI=1S/C28H38N6O3/c29-19-28(10-11-33(20-28)18-22-17-30-24-9-5-4-8-23(22)24)32-26(35)25(16-21-6-2-1-3-7-21)31-27(36)34-12-14-37-15-13-34/h4-5,8-9,17,21,25,30H,1-3,6-7,10-16,18,20H2,(H,31,36)(H,32,35). The van der Waals surface area contributed by atoms with E-state index in [2.05, 4.69) is 38.7 Å². The average Bonchev–Trinajstić information content (AvgIpc) is 3.54. The van der Waals surface area contributed by atoms with E-state index in [0.29, 0.717) is 58.2 Å². The Kier molecular flexibility index (Phi) is 7.96. The van der Waals surface area contributed by atoms with Crippen molar-refractivity contribution in [2.75, 3.05) is 39.4 Å². The van der Waals surface area contributed by atoms with E-state index in [4.69, 9.17) is 4.74 Å². The number of H-pyrrole nitrogens is 1. The largest absolute Gasteiger partial charge is 0.378 e. The average molecular weight is 507 g/mol. The molecule has 1 saturated carbocycles. The molecule has 2 atom stereocenters. The number of benzene rings is 1. The molecule has 5 rings (SSSR count). The van der Waals surface area contributed by atoms with Crippen molar-refractivity contribution >= 4 is 22.8 Å². The summed E-state index contributed by atoms with van der Waals surface area (Å²) in [6, 6.07) is 9.73. The molecule has 0 radical (unpaired) electrons. The van der Waals surface area contributed by atoms with E-state index in [1.54, 1.807) is 4.90 Å². The number of rotatable bonds is 7. The Morgan fingerprint density at radius 2 is 1.95 bits per heavy atom. The summed E-state index contributed by atoms with van der Waals surface area (Å²) in [5.41, 5.74) is 1.32. The summed E-state index contributed by atoms with van der Waals surface area (Å²) in [7, 11) is 0. The Balaban J connectivity index is 1.25.